The van der Waals surface area contributed by atoms with Gasteiger partial charge in [-0.2, -0.15) is 0 Å². The van der Waals surface area contributed by atoms with Gasteiger partial charge in [-0.3, -0.25) is 0 Å². The van der Waals surface area contributed by atoms with E-state index in [9.17, 15) is 13.5 Å². The van der Waals surface area contributed by atoms with Gasteiger partial charge in [-0.1, -0.05) is 19.1 Å². The van der Waals surface area contributed by atoms with E-state index in [2.05, 4.69) is 6.92 Å². The third-order valence-electron chi connectivity index (χ3n) is 3.95. The molecule has 1 N–H and O–H groups in total. The predicted octanol–water partition coefficient (Wildman–Crippen LogP) is 2.41. The number of benzene rings is 1. The van der Waals surface area contributed by atoms with Gasteiger partial charge in [-0.05, 0) is 43.7 Å². The summed E-state index contributed by atoms with van der Waals surface area (Å²) in [7, 11) is -3.32. The number of aliphatic hydroxyl groups is 1. The van der Waals surface area contributed by atoms with Gasteiger partial charge in [0.2, 0.25) is 0 Å². The topological polar surface area (TPSA) is 63.6 Å². The summed E-state index contributed by atoms with van der Waals surface area (Å²) >= 11 is 0. The summed E-state index contributed by atoms with van der Waals surface area (Å²) in [5.74, 6) is 0.959. The Morgan fingerprint density at radius 3 is 2.50 bits per heavy atom. The van der Waals surface area contributed by atoms with Crippen molar-refractivity contribution in [3.63, 3.8) is 0 Å². The van der Waals surface area contributed by atoms with E-state index in [-0.39, 0.29) is 11.5 Å². The second kappa shape index (κ2) is 5.74. The zero-order valence-corrected chi connectivity index (χ0v) is 12.8. The smallest absolute Gasteiger partial charge is 0.179 e. The molecule has 0 saturated heterocycles. The van der Waals surface area contributed by atoms with E-state index in [0.29, 0.717) is 24.5 Å². The minimum absolute atomic E-state index is 0.145. The fourth-order valence-corrected chi connectivity index (χ4v) is 3.35. The molecule has 0 aliphatic heterocycles. The van der Waals surface area contributed by atoms with Gasteiger partial charge >= 0.3 is 0 Å². The van der Waals surface area contributed by atoms with Crippen LogP contribution in [0.3, 0.4) is 0 Å². The first kappa shape index (κ1) is 15.3. The Bertz CT molecular complexity index is 557. The highest BCUT2D eigenvalue weighted by molar-refractivity contribution is 7.90. The van der Waals surface area contributed by atoms with Crippen molar-refractivity contribution < 1.29 is 18.3 Å². The molecule has 0 bridgehead atoms. The number of ether oxygens (including phenoxy) is 1. The maximum Gasteiger partial charge on any atom is 0.179 e. The number of para-hydroxylation sites is 1. The maximum atomic E-state index is 11.7. The monoisotopic (exact) mass is 298 g/mol. The molecule has 1 aliphatic rings. The van der Waals surface area contributed by atoms with Crippen LogP contribution in [0.25, 0.3) is 0 Å². The van der Waals surface area contributed by atoms with E-state index >= 15 is 0 Å². The molecule has 0 aromatic heterocycles. The number of rotatable bonds is 4. The molecule has 0 unspecified atom stereocenters. The van der Waals surface area contributed by atoms with Crippen molar-refractivity contribution >= 4 is 9.84 Å². The van der Waals surface area contributed by atoms with Crippen LogP contribution >= 0.6 is 0 Å². The summed E-state index contributed by atoms with van der Waals surface area (Å²) in [4.78, 5) is 0.174. The number of hydrogen-bond acceptors (Lipinski definition) is 4. The lowest BCUT2D eigenvalue weighted by Crippen LogP contribution is -2.39. The van der Waals surface area contributed by atoms with Crippen LogP contribution in [-0.2, 0) is 9.84 Å². The molecule has 1 saturated carbocycles. The molecule has 20 heavy (non-hydrogen) atoms. The van der Waals surface area contributed by atoms with E-state index in [1.165, 1.54) is 6.07 Å². The average Bonchev–Trinajstić information content (AvgIpc) is 2.40. The van der Waals surface area contributed by atoms with Crippen LogP contribution in [0, 0.1) is 5.92 Å². The van der Waals surface area contributed by atoms with Gasteiger partial charge in [0.1, 0.15) is 17.3 Å². The standard InChI is InChI=1S/C15H22O4S/c1-12-7-9-15(16,10-8-12)11-19-13-5-3-4-6-14(13)20(2,17)18/h3-6,12,16H,7-11H2,1-2H3. The van der Waals surface area contributed by atoms with Crippen molar-refractivity contribution in [1.29, 1.82) is 0 Å². The molecule has 4 nitrogen and oxygen atoms in total. The molecule has 0 heterocycles. The second-order valence-corrected chi connectivity index (χ2v) is 7.90. The van der Waals surface area contributed by atoms with Crippen LogP contribution in [0.15, 0.2) is 29.2 Å². The summed E-state index contributed by atoms with van der Waals surface area (Å²) < 4.78 is 29.0. The van der Waals surface area contributed by atoms with Crippen LogP contribution in [0.2, 0.25) is 0 Å². The molecule has 1 fully saturated rings. The summed E-state index contributed by atoms with van der Waals surface area (Å²) in [6.45, 7) is 2.33. The van der Waals surface area contributed by atoms with Gasteiger partial charge in [0.05, 0.1) is 5.60 Å². The first-order chi connectivity index (χ1) is 9.30. The van der Waals surface area contributed by atoms with Crippen molar-refractivity contribution in [2.75, 3.05) is 12.9 Å². The third kappa shape index (κ3) is 3.73. The largest absolute Gasteiger partial charge is 0.489 e. The van der Waals surface area contributed by atoms with Gasteiger partial charge in [-0.15, -0.1) is 0 Å². The molecule has 112 valence electrons. The Hall–Kier alpha value is -1.07. The van der Waals surface area contributed by atoms with Crippen LogP contribution in [0.5, 0.6) is 5.75 Å². The highest BCUT2D eigenvalue weighted by Gasteiger charge is 2.33. The summed E-state index contributed by atoms with van der Waals surface area (Å²) in [5, 5.41) is 10.5. The van der Waals surface area contributed by atoms with Crippen molar-refractivity contribution in [3.05, 3.63) is 24.3 Å². The molecular formula is C15H22O4S. The zero-order chi connectivity index (χ0) is 14.8. The first-order valence-corrected chi connectivity index (χ1v) is 8.84. The van der Waals surface area contributed by atoms with Crippen molar-refractivity contribution in [3.8, 4) is 5.75 Å². The van der Waals surface area contributed by atoms with Crippen molar-refractivity contribution in [1.82, 2.24) is 0 Å². The van der Waals surface area contributed by atoms with Gasteiger partial charge in [0, 0.05) is 6.26 Å². The van der Waals surface area contributed by atoms with Crippen LogP contribution in [0.4, 0.5) is 0 Å². The molecule has 1 aromatic carbocycles. The van der Waals surface area contributed by atoms with Gasteiger partial charge in [0.25, 0.3) is 0 Å². The molecule has 0 radical (unpaired) electrons. The van der Waals surface area contributed by atoms with Crippen LogP contribution in [0.1, 0.15) is 32.6 Å². The van der Waals surface area contributed by atoms with Gasteiger partial charge < -0.3 is 9.84 Å². The second-order valence-electron chi connectivity index (χ2n) is 5.91. The Kier molecular flexibility index (Phi) is 4.39. The fraction of sp³-hybridized carbons (Fsp3) is 0.600. The lowest BCUT2D eigenvalue weighted by molar-refractivity contribution is -0.0431. The predicted molar refractivity (Wildman–Crippen MR) is 77.6 cm³/mol. The molecule has 1 aromatic rings. The Labute approximate surface area is 120 Å². The third-order valence-corrected chi connectivity index (χ3v) is 5.09. The molecule has 0 amide bonds. The minimum atomic E-state index is -3.32. The number of hydrogen-bond donors (Lipinski definition) is 1. The van der Waals surface area contributed by atoms with Gasteiger partial charge in [0.15, 0.2) is 9.84 Å². The summed E-state index contributed by atoms with van der Waals surface area (Å²) in [6, 6.07) is 6.56. The van der Waals surface area contributed by atoms with Crippen LogP contribution in [-0.4, -0.2) is 32.0 Å². The van der Waals surface area contributed by atoms with E-state index in [1.807, 2.05) is 0 Å². The lowest BCUT2D eigenvalue weighted by Gasteiger charge is -2.34. The quantitative estimate of drug-likeness (QED) is 0.927. The summed E-state index contributed by atoms with van der Waals surface area (Å²) in [5.41, 5.74) is -0.836. The van der Waals surface area contributed by atoms with Crippen LogP contribution < -0.4 is 4.74 Å². The Morgan fingerprint density at radius 1 is 1.30 bits per heavy atom. The maximum absolute atomic E-state index is 11.7. The molecule has 1 aliphatic carbocycles. The highest BCUT2D eigenvalue weighted by atomic mass is 32.2. The van der Waals surface area contributed by atoms with Crippen molar-refractivity contribution in [2.45, 2.75) is 43.1 Å². The number of sulfone groups is 1. The Balaban J connectivity index is 2.08. The lowest BCUT2D eigenvalue weighted by atomic mass is 9.80. The van der Waals surface area contributed by atoms with Gasteiger partial charge in [-0.25, -0.2) is 8.42 Å². The molecule has 5 heteroatoms. The Morgan fingerprint density at radius 2 is 1.90 bits per heavy atom. The SMILES string of the molecule is CC1CCC(O)(COc2ccccc2S(C)(=O)=O)CC1. The highest BCUT2D eigenvalue weighted by Crippen LogP contribution is 2.33. The van der Waals surface area contributed by atoms with E-state index in [0.717, 1.165) is 19.1 Å². The molecule has 0 spiro atoms. The average molecular weight is 298 g/mol. The van der Waals surface area contributed by atoms with E-state index < -0.39 is 15.4 Å². The molecule has 2 rings (SSSR count). The molecular weight excluding hydrogens is 276 g/mol. The zero-order valence-electron chi connectivity index (χ0n) is 12.0. The minimum Gasteiger partial charge on any atom is -0.489 e. The fourth-order valence-electron chi connectivity index (χ4n) is 2.53. The summed E-state index contributed by atoms with van der Waals surface area (Å²) in [6.07, 6.45) is 4.53. The van der Waals surface area contributed by atoms with Crippen molar-refractivity contribution in [2.24, 2.45) is 5.92 Å². The first-order valence-electron chi connectivity index (χ1n) is 6.94. The molecule has 0 atom stereocenters. The van der Waals surface area contributed by atoms with E-state index in [4.69, 9.17) is 4.74 Å². The normalized spacial score (nSPS) is 27.2. The van der Waals surface area contributed by atoms with E-state index in [1.54, 1.807) is 18.2 Å².